The van der Waals surface area contributed by atoms with Gasteiger partial charge in [-0.3, -0.25) is 0 Å². The summed E-state index contributed by atoms with van der Waals surface area (Å²) in [5.41, 5.74) is 0. The van der Waals surface area contributed by atoms with Gasteiger partial charge in [0, 0.05) is 0 Å². The average molecular weight is 132 g/mol. The second kappa shape index (κ2) is 4.24. The third-order valence-corrected chi connectivity index (χ3v) is 0.715. The van der Waals surface area contributed by atoms with Crippen LogP contribution in [0.15, 0.2) is 24.1 Å². The van der Waals surface area contributed by atoms with Crippen LogP contribution in [0.4, 0.5) is 8.78 Å². The first kappa shape index (κ1) is 8.34. The normalized spacial score (nSPS) is 16.7. The summed E-state index contributed by atoms with van der Waals surface area (Å²) in [5.74, 6) is -0.521. The minimum atomic E-state index is -1.21. The molecule has 52 valence electrons. The summed E-state index contributed by atoms with van der Waals surface area (Å²) in [7, 11) is 0. The Morgan fingerprint density at radius 1 is 1.56 bits per heavy atom. The van der Waals surface area contributed by atoms with Crippen molar-refractivity contribution < 1.29 is 8.78 Å². The zero-order valence-electron chi connectivity index (χ0n) is 5.57. The molecule has 0 aromatic heterocycles. The highest BCUT2D eigenvalue weighted by Gasteiger charge is 1.92. The Hall–Kier alpha value is -0.660. The summed E-state index contributed by atoms with van der Waals surface area (Å²) in [6, 6.07) is 0. The minimum Gasteiger partial charge on any atom is -0.243 e. The number of alkyl halides is 1. The lowest BCUT2D eigenvalue weighted by Crippen LogP contribution is -1.84. The summed E-state index contributed by atoms with van der Waals surface area (Å²) in [4.78, 5) is 0. The van der Waals surface area contributed by atoms with Crippen LogP contribution in [0.2, 0.25) is 0 Å². The maximum Gasteiger partial charge on any atom is 0.121 e. The molecule has 2 heteroatoms. The van der Waals surface area contributed by atoms with Gasteiger partial charge in [0.2, 0.25) is 0 Å². The lowest BCUT2D eigenvalue weighted by molar-refractivity contribution is 0.423. The highest BCUT2D eigenvalue weighted by molar-refractivity contribution is 5.11. The van der Waals surface area contributed by atoms with E-state index in [2.05, 4.69) is 0 Å². The van der Waals surface area contributed by atoms with Crippen molar-refractivity contribution in [3.05, 3.63) is 24.1 Å². The second-order valence-corrected chi connectivity index (χ2v) is 1.73. The molecule has 0 rings (SSSR count). The molecule has 0 aliphatic carbocycles. The molecule has 0 amide bonds. The molecule has 0 aliphatic heterocycles. The van der Waals surface area contributed by atoms with E-state index in [1.807, 2.05) is 0 Å². The van der Waals surface area contributed by atoms with E-state index in [1.165, 1.54) is 19.1 Å². The van der Waals surface area contributed by atoms with E-state index in [-0.39, 0.29) is 0 Å². The van der Waals surface area contributed by atoms with Crippen molar-refractivity contribution in [1.29, 1.82) is 0 Å². The van der Waals surface area contributed by atoms with Gasteiger partial charge in [0.05, 0.1) is 0 Å². The van der Waals surface area contributed by atoms with Gasteiger partial charge >= 0.3 is 0 Å². The molecule has 0 heterocycles. The molecule has 0 radical (unpaired) electrons. The van der Waals surface area contributed by atoms with Gasteiger partial charge in [-0.1, -0.05) is 6.08 Å². The topological polar surface area (TPSA) is 0 Å². The Bertz CT molecular complexity index is 123. The van der Waals surface area contributed by atoms with Crippen molar-refractivity contribution in [3.8, 4) is 0 Å². The number of hydrogen-bond donors (Lipinski definition) is 0. The fourth-order valence-electron chi connectivity index (χ4n) is 0.434. The molecule has 0 spiro atoms. The SMILES string of the molecule is C/C=C/C(F)=C\C(C)F. The van der Waals surface area contributed by atoms with E-state index in [9.17, 15) is 8.78 Å². The van der Waals surface area contributed by atoms with Gasteiger partial charge in [-0.15, -0.1) is 0 Å². The van der Waals surface area contributed by atoms with E-state index in [4.69, 9.17) is 0 Å². The molecule has 0 nitrogen and oxygen atoms in total. The number of halogens is 2. The van der Waals surface area contributed by atoms with E-state index in [0.717, 1.165) is 6.08 Å². The smallest absolute Gasteiger partial charge is 0.121 e. The molecular weight excluding hydrogens is 122 g/mol. The average Bonchev–Trinajstić information content (AvgIpc) is 1.63. The maximum absolute atomic E-state index is 12.2. The number of allylic oxidation sites excluding steroid dienone is 4. The zero-order chi connectivity index (χ0) is 7.28. The fraction of sp³-hybridized carbons (Fsp3) is 0.429. The Balaban J connectivity index is 3.84. The molecule has 9 heavy (non-hydrogen) atoms. The second-order valence-electron chi connectivity index (χ2n) is 1.73. The molecule has 1 unspecified atom stereocenters. The Kier molecular flexibility index (Phi) is 3.93. The maximum atomic E-state index is 12.2. The van der Waals surface area contributed by atoms with Crippen molar-refractivity contribution in [2.75, 3.05) is 0 Å². The van der Waals surface area contributed by atoms with Gasteiger partial charge in [0.25, 0.3) is 0 Å². The van der Waals surface area contributed by atoms with Gasteiger partial charge in [0.1, 0.15) is 12.0 Å². The number of rotatable bonds is 2. The van der Waals surface area contributed by atoms with Crippen molar-refractivity contribution in [3.63, 3.8) is 0 Å². The van der Waals surface area contributed by atoms with Crippen molar-refractivity contribution >= 4 is 0 Å². The Labute approximate surface area is 53.9 Å². The van der Waals surface area contributed by atoms with Crippen LogP contribution >= 0.6 is 0 Å². The van der Waals surface area contributed by atoms with E-state index in [1.54, 1.807) is 6.92 Å². The van der Waals surface area contributed by atoms with E-state index < -0.39 is 12.0 Å². The van der Waals surface area contributed by atoms with E-state index in [0.29, 0.717) is 0 Å². The van der Waals surface area contributed by atoms with Crippen LogP contribution < -0.4 is 0 Å². The van der Waals surface area contributed by atoms with Crippen LogP contribution in [0, 0.1) is 0 Å². The van der Waals surface area contributed by atoms with Crippen LogP contribution in [0.3, 0.4) is 0 Å². The van der Waals surface area contributed by atoms with Gasteiger partial charge in [-0.25, -0.2) is 8.78 Å². The molecule has 0 aromatic carbocycles. The first-order valence-corrected chi connectivity index (χ1v) is 2.81. The van der Waals surface area contributed by atoms with Crippen molar-refractivity contribution in [2.45, 2.75) is 20.0 Å². The molecule has 0 saturated heterocycles. The standard InChI is InChI=1S/C7H10F2/c1-3-4-7(9)5-6(2)8/h3-6H,1-2H3/b4-3+,7-5+. The Morgan fingerprint density at radius 3 is 2.44 bits per heavy atom. The van der Waals surface area contributed by atoms with Crippen LogP contribution in [0.1, 0.15) is 13.8 Å². The molecule has 1 atom stereocenters. The Morgan fingerprint density at radius 2 is 2.11 bits per heavy atom. The van der Waals surface area contributed by atoms with Crippen LogP contribution in [0.25, 0.3) is 0 Å². The molecule has 0 bridgehead atoms. The first-order valence-electron chi connectivity index (χ1n) is 2.81. The summed E-state index contributed by atoms with van der Waals surface area (Å²) in [6.07, 6.45) is 2.45. The molecule has 0 N–H and O–H groups in total. The third-order valence-electron chi connectivity index (χ3n) is 0.715. The van der Waals surface area contributed by atoms with Crippen molar-refractivity contribution in [1.82, 2.24) is 0 Å². The highest BCUT2D eigenvalue weighted by Crippen LogP contribution is 2.02. The zero-order valence-corrected chi connectivity index (χ0v) is 5.57. The van der Waals surface area contributed by atoms with E-state index >= 15 is 0 Å². The minimum absolute atomic E-state index is 0.521. The van der Waals surface area contributed by atoms with Crippen LogP contribution in [0.5, 0.6) is 0 Å². The first-order chi connectivity index (χ1) is 4.16. The molecule has 0 aliphatic rings. The molecular formula is C7H10F2. The lowest BCUT2D eigenvalue weighted by atomic mass is 10.3. The predicted octanol–water partition coefficient (Wildman–Crippen LogP) is 2.77. The van der Waals surface area contributed by atoms with Crippen LogP contribution in [-0.4, -0.2) is 6.17 Å². The van der Waals surface area contributed by atoms with Crippen LogP contribution in [-0.2, 0) is 0 Å². The highest BCUT2D eigenvalue weighted by atomic mass is 19.1. The number of hydrogen-bond acceptors (Lipinski definition) is 0. The summed E-state index contributed by atoms with van der Waals surface area (Å²) < 4.78 is 24.1. The lowest BCUT2D eigenvalue weighted by Gasteiger charge is -1.88. The summed E-state index contributed by atoms with van der Waals surface area (Å²) >= 11 is 0. The molecule has 0 saturated carbocycles. The fourth-order valence-corrected chi connectivity index (χ4v) is 0.434. The van der Waals surface area contributed by atoms with Gasteiger partial charge in [-0.2, -0.15) is 0 Å². The predicted molar refractivity (Wildman–Crippen MR) is 34.6 cm³/mol. The van der Waals surface area contributed by atoms with Crippen molar-refractivity contribution in [2.24, 2.45) is 0 Å². The quantitative estimate of drug-likeness (QED) is 0.507. The summed E-state index contributed by atoms with van der Waals surface area (Å²) in [5, 5.41) is 0. The largest absolute Gasteiger partial charge is 0.243 e. The van der Waals surface area contributed by atoms with Gasteiger partial charge in [-0.05, 0) is 26.0 Å². The van der Waals surface area contributed by atoms with Gasteiger partial charge < -0.3 is 0 Å². The molecule has 0 fully saturated rings. The summed E-state index contributed by atoms with van der Waals surface area (Å²) in [6.45, 7) is 2.96. The monoisotopic (exact) mass is 132 g/mol. The molecule has 0 aromatic rings. The van der Waals surface area contributed by atoms with Gasteiger partial charge in [0.15, 0.2) is 0 Å². The third kappa shape index (κ3) is 5.21.